The lowest BCUT2D eigenvalue weighted by Gasteiger charge is -1.96. The van der Waals surface area contributed by atoms with Crippen molar-refractivity contribution >= 4 is 17.1 Å². The molecule has 0 aliphatic rings. The van der Waals surface area contributed by atoms with E-state index in [0.717, 1.165) is 10.4 Å². The monoisotopic (exact) mass is 160 g/mol. The lowest BCUT2D eigenvalue weighted by molar-refractivity contribution is 1.56. The molecule has 0 fully saturated rings. The average Bonchev–Trinajstić information content (AvgIpc) is 2.07. The first-order valence-electron chi connectivity index (χ1n) is 3.36. The molecule has 0 aliphatic heterocycles. The Balaban J connectivity index is 2.79. The van der Waals surface area contributed by atoms with Crippen molar-refractivity contribution in [2.45, 2.75) is 6.42 Å². The number of terminal acetylenes is 1. The van der Waals surface area contributed by atoms with E-state index in [4.69, 9.17) is 18.6 Å². The summed E-state index contributed by atoms with van der Waals surface area (Å²) in [5.41, 5.74) is 1.06. The second kappa shape index (κ2) is 3.90. The number of rotatable bonds is 2. The molecule has 0 unspecified atom stereocenters. The van der Waals surface area contributed by atoms with E-state index in [1.165, 1.54) is 0 Å². The summed E-state index contributed by atoms with van der Waals surface area (Å²) in [6, 6.07) is 9.82. The molecule has 0 bridgehead atoms. The highest BCUT2D eigenvalue weighted by atomic mass is 32.1. The van der Waals surface area contributed by atoms with E-state index in [9.17, 15) is 0 Å². The predicted molar refractivity (Wildman–Crippen MR) is 51.6 cm³/mol. The third-order valence-corrected chi connectivity index (χ3v) is 1.74. The van der Waals surface area contributed by atoms with Crippen molar-refractivity contribution < 1.29 is 0 Å². The number of benzene rings is 1. The minimum Gasteiger partial charge on any atom is -0.120 e. The fraction of sp³-hybridized carbons (Fsp3) is 0.100. The van der Waals surface area contributed by atoms with Crippen LogP contribution < -0.4 is 0 Å². The van der Waals surface area contributed by atoms with Crippen LogP contribution in [0.2, 0.25) is 0 Å². The maximum Gasteiger partial charge on any atom is 0.0446 e. The molecule has 0 N–H and O–H groups in total. The maximum atomic E-state index is 5.13. The fourth-order valence-corrected chi connectivity index (χ4v) is 1.04. The molecule has 0 saturated carbocycles. The lowest BCUT2D eigenvalue weighted by Crippen LogP contribution is -1.93. The molecule has 0 radical (unpaired) electrons. The molecule has 11 heavy (non-hydrogen) atoms. The van der Waals surface area contributed by atoms with Crippen LogP contribution in [0.4, 0.5) is 0 Å². The molecule has 0 heterocycles. The van der Waals surface area contributed by atoms with Crippen molar-refractivity contribution in [2.24, 2.45) is 0 Å². The van der Waals surface area contributed by atoms with Crippen LogP contribution in [0.5, 0.6) is 0 Å². The van der Waals surface area contributed by atoms with Gasteiger partial charge in [-0.05, 0) is 5.56 Å². The molecule has 1 rings (SSSR count). The van der Waals surface area contributed by atoms with Gasteiger partial charge >= 0.3 is 0 Å². The van der Waals surface area contributed by atoms with Gasteiger partial charge in [-0.15, -0.1) is 12.3 Å². The summed E-state index contributed by atoms with van der Waals surface area (Å²) in [5.74, 6) is 2.52. The van der Waals surface area contributed by atoms with Crippen LogP contribution >= 0.6 is 12.2 Å². The van der Waals surface area contributed by atoms with Gasteiger partial charge in [-0.1, -0.05) is 42.5 Å². The van der Waals surface area contributed by atoms with Crippen molar-refractivity contribution in [2.75, 3.05) is 0 Å². The first-order chi connectivity index (χ1) is 5.34. The Morgan fingerprint density at radius 3 is 2.55 bits per heavy atom. The van der Waals surface area contributed by atoms with Gasteiger partial charge < -0.3 is 0 Å². The Hall–Kier alpha value is -1.13. The van der Waals surface area contributed by atoms with E-state index in [2.05, 4.69) is 5.92 Å². The van der Waals surface area contributed by atoms with Crippen LogP contribution in [0.1, 0.15) is 12.0 Å². The van der Waals surface area contributed by atoms with Crippen LogP contribution in [-0.2, 0) is 0 Å². The first kappa shape index (κ1) is 7.97. The summed E-state index contributed by atoms with van der Waals surface area (Å²) in [6.45, 7) is 0. The van der Waals surface area contributed by atoms with E-state index in [0.29, 0.717) is 6.42 Å². The minimum atomic E-state index is 0.555. The molecule has 1 heteroatoms. The Labute approximate surface area is 72.2 Å². The highest BCUT2D eigenvalue weighted by molar-refractivity contribution is 7.80. The van der Waals surface area contributed by atoms with Gasteiger partial charge in [0.1, 0.15) is 0 Å². The lowest BCUT2D eigenvalue weighted by atomic mass is 10.1. The summed E-state index contributed by atoms with van der Waals surface area (Å²) >= 11 is 5.08. The van der Waals surface area contributed by atoms with Crippen molar-refractivity contribution in [3.63, 3.8) is 0 Å². The summed E-state index contributed by atoms with van der Waals surface area (Å²) < 4.78 is 0. The van der Waals surface area contributed by atoms with Crippen LogP contribution in [0.15, 0.2) is 30.3 Å². The van der Waals surface area contributed by atoms with E-state index in [1.54, 1.807) is 0 Å². The molecular formula is C10H8S. The second-order valence-corrected chi connectivity index (χ2v) is 2.66. The van der Waals surface area contributed by atoms with Gasteiger partial charge in [0.15, 0.2) is 0 Å². The standard InChI is InChI=1S/C10H8S/c1-2-6-10(11)9-7-4-3-5-8-9/h1,3-5,7-8H,6H2. The van der Waals surface area contributed by atoms with Gasteiger partial charge in [0.2, 0.25) is 0 Å². The summed E-state index contributed by atoms with van der Waals surface area (Å²) in [7, 11) is 0. The number of thiocarbonyl (C=S) groups is 1. The second-order valence-electron chi connectivity index (χ2n) is 2.17. The van der Waals surface area contributed by atoms with Gasteiger partial charge in [0.05, 0.1) is 0 Å². The maximum absolute atomic E-state index is 5.13. The van der Waals surface area contributed by atoms with Crippen molar-refractivity contribution in [3.8, 4) is 12.3 Å². The molecular weight excluding hydrogens is 152 g/mol. The van der Waals surface area contributed by atoms with Gasteiger partial charge in [-0.25, -0.2) is 0 Å². The Kier molecular flexibility index (Phi) is 2.83. The zero-order valence-corrected chi connectivity index (χ0v) is 6.90. The van der Waals surface area contributed by atoms with Gasteiger partial charge in [-0.3, -0.25) is 0 Å². The van der Waals surface area contributed by atoms with Crippen molar-refractivity contribution in [3.05, 3.63) is 35.9 Å². The van der Waals surface area contributed by atoms with Gasteiger partial charge in [0, 0.05) is 11.3 Å². The third kappa shape index (κ3) is 2.18. The molecule has 1 aromatic carbocycles. The van der Waals surface area contributed by atoms with Gasteiger partial charge in [0.25, 0.3) is 0 Å². The number of hydrogen-bond donors (Lipinski definition) is 0. The topological polar surface area (TPSA) is 0 Å². The van der Waals surface area contributed by atoms with E-state index in [1.807, 2.05) is 30.3 Å². The number of hydrogen-bond acceptors (Lipinski definition) is 1. The highest BCUT2D eigenvalue weighted by Gasteiger charge is 1.95. The molecule has 0 atom stereocenters. The molecule has 0 amide bonds. The van der Waals surface area contributed by atoms with Crippen LogP contribution in [0.3, 0.4) is 0 Å². The van der Waals surface area contributed by atoms with Crippen LogP contribution in [0.25, 0.3) is 0 Å². The molecule has 54 valence electrons. The van der Waals surface area contributed by atoms with Crippen molar-refractivity contribution in [1.29, 1.82) is 0 Å². The zero-order valence-electron chi connectivity index (χ0n) is 6.08. The third-order valence-electron chi connectivity index (χ3n) is 1.36. The SMILES string of the molecule is C#CCC(=S)c1ccccc1. The van der Waals surface area contributed by atoms with Crippen molar-refractivity contribution in [1.82, 2.24) is 0 Å². The molecule has 1 aromatic rings. The largest absolute Gasteiger partial charge is 0.120 e. The Bertz CT molecular complexity index is 279. The van der Waals surface area contributed by atoms with E-state index < -0.39 is 0 Å². The average molecular weight is 160 g/mol. The fourth-order valence-electron chi connectivity index (χ4n) is 0.819. The Morgan fingerprint density at radius 1 is 1.36 bits per heavy atom. The molecule has 0 aromatic heterocycles. The van der Waals surface area contributed by atoms with Crippen LogP contribution in [0, 0.1) is 12.3 Å². The van der Waals surface area contributed by atoms with E-state index >= 15 is 0 Å². The summed E-state index contributed by atoms with van der Waals surface area (Å²) in [4.78, 5) is 0.841. The normalized spacial score (nSPS) is 8.64. The summed E-state index contributed by atoms with van der Waals surface area (Å²) in [5, 5.41) is 0. The quantitative estimate of drug-likeness (QED) is 0.364. The molecule has 0 aliphatic carbocycles. The smallest absolute Gasteiger partial charge is 0.0446 e. The van der Waals surface area contributed by atoms with Crippen LogP contribution in [-0.4, -0.2) is 4.86 Å². The predicted octanol–water partition coefficient (Wildman–Crippen LogP) is 2.43. The first-order valence-corrected chi connectivity index (χ1v) is 3.77. The van der Waals surface area contributed by atoms with Gasteiger partial charge in [-0.2, -0.15) is 0 Å². The zero-order chi connectivity index (χ0) is 8.10. The Morgan fingerprint density at radius 2 is 2.00 bits per heavy atom. The van der Waals surface area contributed by atoms with E-state index in [-0.39, 0.29) is 0 Å². The highest BCUT2D eigenvalue weighted by Crippen LogP contribution is 2.03. The minimum absolute atomic E-state index is 0.555. The molecule has 0 nitrogen and oxygen atoms in total. The molecule has 0 spiro atoms. The molecule has 0 saturated heterocycles. The summed E-state index contributed by atoms with van der Waals surface area (Å²) in [6.07, 6.45) is 5.68.